The molecule has 0 radical (unpaired) electrons. The minimum atomic E-state index is -0.374. The van der Waals surface area contributed by atoms with Crippen molar-refractivity contribution >= 4 is 12.2 Å². The number of benzene rings is 1. The Morgan fingerprint density at radius 2 is 2.00 bits per heavy atom. The Hall–Kier alpha value is -1.64. The van der Waals surface area contributed by atoms with Crippen LogP contribution in [-0.2, 0) is 9.59 Å². The number of amides is 1. The smallest absolute Gasteiger partial charge is 0.218 e. The molecule has 2 N–H and O–H groups in total. The zero-order chi connectivity index (χ0) is 10.4. The summed E-state index contributed by atoms with van der Waals surface area (Å²) in [6.07, 6.45) is 1.39. The number of primary amides is 1. The molecule has 14 heavy (non-hydrogen) atoms. The molecular weight excluding hydrogens is 178 g/mol. The summed E-state index contributed by atoms with van der Waals surface area (Å²) < 4.78 is 0. The highest BCUT2D eigenvalue weighted by Crippen LogP contribution is 2.21. The van der Waals surface area contributed by atoms with Crippen molar-refractivity contribution < 1.29 is 9.59 Å². The lowest BCUT2D eigenvalue weighted by Crippen LogP contribution is -2.15. The number of hydrogen-bond acceptors (Lipinski definition) is 2. The van der Waals surface area contributed by atoms with Crippen molar-refractivity contribution in [2.24, 2.45) is 5.73 Å². The molecule has 1 rings (SSSR count). The van der Waals surface area contributed by atoms with E-state index in [9.17, 15) is 9.59 Å². The van der Waals surface area contributed by atoms with Crippen LogP contribution in [0.5, 0.6) is 0 Å². The Labute approximate surface area is 82.9 Å². The van der Waals surface area contributed by atoms with Crippen molar-refractivity contribution in [1.29, 1.82) is 0 Å². The third-order valence-electron chi connectivity index (χ3n) is 2.10. The summed E-state index contributed by atoms with van der Waals surface area (Å²) in [6.45, 7) is 0. The first-order valence-corrected chi connectivity index (χ1v) is 4.51. The molecule has 0 aliphatic carbocycles. The largest absolute Gasteiger partial charge is 0.370 e. The van der Waals surface area contributed by atoms with Crippen LogP contribution in [0.4, 0.5) is 0 Å². The first-order valence-electron chi connectivity index (χ1n) is 4.51. The monoisotopic (exact) mass is 191 g/mol. The van der Waals surface area contributed by atoms with Crippen molar-refractivity contribution in [2.75, 3.05) is 0 Å². The molecule has 0 saturated heterocycles. The van der Waals surface area contributed by atoms with Gasteiger partial charge in [0.15, 0.2) is 0 Å². The molecule has 0 bridgehead atoms. The number of carbonyl (C=O) groups excluding carboxylic acids is 2. The van der Waals surface area contributed by atoms with E-state index >= 15 is 0 Å². The van der Waals surface area contributed by atoms with Crippen LogP contribution < -0.4 is 5.73 Å². The summed E-state index contributed by atoms with van der Waals surface area (Å²) in [5.74, 6) is -0.452. The molecule has 0 fully saturated rings. The van der Waals surface area contributed by atoms with Crippen LogP contribution in [0, 0.1) is 0 Å². The zero-order valence-corrected chi connectivity index (χ0v) is 7.85. The third kappa shape index (κ3) is 3.01. The SMILES string of the molecule is NC(=O)CC(CC=O)c1ccccc1. The average Bonchev–Trinajstić information content (AvgIpc) is 2.18. The van der Waals surface area contributed by atoms with Gasteiger partial charge in [0.1, 0.15) is 6.29 Å². The lowest BCUT2D eigenvalue weighted by molar-refractivity contribution is -0.118. The maximum atomic E-state index is 10.8. The van der Waals surface area contributed by atoms with E-state index in [0.29, 0.717) is 6.42 Å². The minimum Gasteiger partial charge on any atom is -0.370 e. The topological polar surface area (TPSA) is 60.2 Å². The van der Waals surface area contributed by atoms with E-state index in [1.54, 1.807) is 0 Å². The van der Waals surface area contributed by atoms with E-state index in [1.165, 1.54) is 0 Å². The van der Waals surface area contributed by atoms with Gasteiger partial charge in [-0.25, -0.2) is 0 Å². The van der Waals surface area contributed by atoms with Crippen molar-refractivity contribution in [3.8, 4) is 0 Å². The van der Waals surface area contributed by atoms with E-state index in [1.807, 2.05) is 30.3 Å². The highest BCUT2D eigenvalue weighted by Gasteiger charge is 2.13. The van der Waals surface area contributed by atoms with Gasteiger partial charge in [-0.2, -0.15) is 0 Å². The molecule has 1 amide bonds. The quantitative estimate of drug-likeness (QED) is 0.711. The van der Waals surface area contributed by atoms with Crippen molar-refractivity contribution in [1.82, 2.24) is 0 Å². The standard InChI is InChI=1S/C11H13NO2/c12-11(14)8-10(6-7-13)9-4-2-1-3-5-9/h1-5,7,10H,6,8H2,(H2,12,14). The van der Waals surface area contributed by atoms with E-state index in [0.717, 1.165) is 11.8 Å². The van der Waals surface area contributed by atoms with Crippen LogP contribution >= 0.6 is 0 Å². The van der Waals surface area contributed by atoms with Crippen LogP contribution in [0.1, 0.15) is 24.3 Å². The molecule has 0 saturated carbocycles. The molecule has 1 atom stereocenters. The third-order valence-corrected chi connectivity index (χ3v) is 2.10. The van der Waals surface area contributed by atoms with Crippen molar-refractivity contribution in [3.05, 3.63) is 35.9 Å². The molecule has 0 aromatic heterocycles. The molecule has 1 unspecified atom stereocenters. The van der Waals surface area contributed by atoms with Gasteiger partial charge >= 0.3 is 0 Å². The number of rotatable bonds is 5. The van der Waals surface area contributed by atoms with Crippen molar-refractivity contribution in [3.63, 3.8) is 0 Å². The Balaban J connectivity index is 2.77. The number of hydrogen-bond donors (Lipinski definition) is 1. The summed E-state index contributed by atoms with van der Waals surface area (Å²) >= 11 is 0. The first kappa shape index (κ1) is 10.4. The van der Waals surface area contributed by atoms with Gasteiger partial charge in [0, 0.05) is 12.8 Å². The highest BCUT2D eigenvalue weighted by atomic mass is 16.1. The Morgan fingerprint density at radius 1 is 1.36 bits per heavy atom. The molecule has 0 heterocycles. The molecule has 1 aromatic carbocycles. The first-order chi connectivity index (χ1) is 6.74. The Morgan fingerprint density at radius 3 is 2.50 bits per heavy atom. The molecule has 0 aliphatic rings. The van der Waals surface area contributed by atoms with E-state index in [4.69, 9.17) is 5.73 Å². The van der Waals surface area contributed by atoms with E-state index in [2.05, 4.69) is 0 Å². The maximum absolute atomic E-state index is 10.8. The lowest BCUT2D eigenvalue weighted by Gasteiger charge is -2.11. The van der Waals surface area contributed by atoms with Crippen LogP contribution in [0.25, 0.3) is 0 Å². The molecular formula is C11H13NO2. The predicted molar refractivity (Wildman–Crippen MR) is 53.7 cm³/mol. The fourth-order valence-corrected chi connectivity index (χ4v) is 1.42. The Kier molecular flexibility index (Phi) is 3.85. The van der Waals surface area contributed by atoms with Crippen LogP contribution in [0.2, 0.25) is 0 Å². The molecule has 0 aliphatic heterocycles. The van der Waals surface area contributed by atoms with Gasteiger partial charge in [-0.3, -0.25) is 4.79 Å². The molecule has 3 heteroatoms. The Bertz CT molecular complexity index is 308. The van der Waals surface area contributed by atoms with Crippen molar-refractivity contribution in [2.45, 2.75) is 18.8 Å². The van der Waals surface area contributed by atoms with Crippen LogP contribution in [-0.4, -0.2) is 12.2 Å². The second-order valence-corrected chi connectivity index (χ2v) is 3.18. The summed E-state index contributed by atoms with van der Waals surface area (Å²) in [5, 5.41) is 0. The van der Waals surface area contributed by atoms with Gasteiger partial charge in [-0.05, 0) is 11.5 Å². The van der Waals surface area contributed by atoms with E-state index < -0.39 is 0 Å². The molecule has 3 nitrogen and oxygen atoms in total. The highest BCUT2D eigenvalue weighted by molar-refractivity contribution is 5.75. The number of carbonyl (C=O) groups is 2. The number of nitrogens with two attached hydrogens (primary N) is 1. The second kappa shape index (κ2) is 5.17. The van der Waals surface area contributed by atoms with Crippen LogP contribution in [0.3, 0.4) is 0 Å². The molecule has 74 valence electrons. The minimum absolute atomic E-state index is 0.0776. The van der Waals surface area contributed by atoms with Gasteiger partial charge in [0.25, 0.3) is 0 Å². The molecule has 1 aromatic rings. The molecule has 0 spiro atoms. The lowest BCUT2D eigenvalue weighted by atomic mass is 9.93. The fourth-order valence-electron chi connectivity index (χ4n) is 1.42. The van der Waals surface area contributed by atoms with Crippen LogP contribution in [0.15, 0.2) is 30.3 Å². The number of aldehydes is 1. The van der Waals surface area contributed by atoms with Gasteiger partial charge in [-0.1, -0.05) is 30.3 Å². The normalized spacial score (nSPS) is 12.0. The second-order valence-electron chi connectivity index (χ2n) is 3.18. The summed E-state index contributed by atoms with van der Waals surface area (Å²) in [4.78, 5) is 21.2. The summed E-state index contributed by atoms with van der Waals surface area (Å²) in [5.41, 5.74) is 6.09. The summed E-state index contributed by atoms with van der Waals surface area (Å²) in [7, 11) is 0. The van der Waals surface area contributed by atoms with Gasteiger partial charge in [0.05, 0.1) is 0 Å². The maximum Gasteiger partial charge on any atom is 0.218 e. The fraction of sp³-hybridized carbons (Fsp3) is 0.273. The summed E-state index contributed by atoms with van der Waals surface area (Å²) in [6, 6.07) is 9.46. The van der Waals surface area contributed by atoms with Gasteiger partial charge in [0.2, 0.25) is 5.91 Å². The van der Waals surface area contributed by atoms with Gasteiger partial charge in [-0.15, -0.1) is 0 Å². The average molecular weight is 191 g/mol. The zero-order valence-electron chi connectivity index (χ0n) is 7.85. The van der Waals surface area contributed by atoms with Gasteiger partial charge < -0.3 is 10.5 Å². The predicted octanol–water partition coefficient (Wildman–Crippen LogP) is 1.23. The van der Waals surface area contributed by atoms with E-state index in [-0.39, 0.29) is 18.2 Å².